The van der Waals surface area contributed by atoms with Gasteiger partial charge in [0.2, 0.25) is 0 Å². The second kappa shape index (κ2) is 7.91. The maximum Gasteiger partial charge on any atom is 0.185 e. The molecule has 1 aromatic heterocycles. The first kappa shape index (κ1) is 17.8. The number of allylic oxidation sites excluding steroid dienone is 1. The lowest BCUT2D eigenvalue weighted by Crippen LogP contribution is -1.94. The Labute approximate surface area is 151 Å². The smallest absolute Gasteiger partial charge is 0.185 e. The molecule has 0 aliphatic heterocycles. The van der Waals surface area contributed by atoms with E-state index in [1.165, 1.54) is 6.08 Å². The van der Waals surface area contributed by atoms with E-state index in [4.69, 9.17) is 0 Å². The second-order valence-electron chi connectivity index (χ2n) is 6.07. The van der Waals surface area contributed by atoms with Crippen molar-refractivity contribution in [3.05, 3.63) is 82.6 Å². The van der Waals surface area contributed by atoms with Gasteiger partial charge >= 0.3 is 0 Å². The van der Waals surface area contributed by atoms with Crippen molar-refractivity contribution < 1.29 is 15.0 Å². The molecule has 0 saturated carbocycles. The quantitative estimate of drug-likeness (QED) is 0.471. The third-order valence-electron chi connectivity index (χ3n) is 4.19. The predicted octanol–water partition coefficient (Wildman–Crippen LogP) is 3.27. The summed E-state index contributed by atoms with van der Waals surface area (Å²) < 4.78 is 0. The maximum atomic E-state index is 12.2. The van der Waals surface area contributed by atoms with Crippen LogP contribution in [0.4, 0.5) is 0 Å². The Balaban J connectivity index is 1.77. The van der Waals surface area contributed by atoms with Gasteiger partial charge in [0.05, 0.1) is 24.6 Å². The number of carbonyl (C=O) groups excluding carboxylic acids is 1. The fraction of sp³-hybridized carbons (Fsp3) is 0.143. The Morgan fingerprint density at radius 2 is 1.77 bits per heavy atom. The van der Waals surface area contributed by atoms with Crippen LogP contribution in [-0.4, -0.2) is 26.2 Å². The monoisotopic (exact) mass is 348 g/mol. The van der Waals surface area contributed by atoms with Crippen molar-refractivity contribution in [1.82, 2.24) is 10.2 Å². The molecule has 0 atom stereocenters. The van der Waals surface area contributed by atoms with Crippen molar-refractivity contribution >= 4 is 11.9 Å². The van der Waals surface area contributed by atoms with Gasteiger partial charge in [-0.1, -0.05) is 42.0 Å². The van der Waals surface area contributed by atoms with Crippen molar-refractivity contribution in [2.45, 2.75) is 20.1 Å². The van der Waals surface area contributed by atoms with Gasteiger partial charge in [-0.15, -0.1) is 0 Å². The van der Waals surface area contributed by atoms with Crippen LogP contribution in [0.15, 0.2) is 54.6 Å². The summed E-state index contributed by atoms with van der Waals surface area (Å²) in [6.07, 6.45) is 3.20. The number of nitrogens with one attached hydrogen (secondary N) is 1. The number of aliphatic hydroxyl groups excluding tert-OH is 2. The van der Waals surface area contributed by atoms with Crippen LogP contribution in [0.3, 0.4) is 0 Å². The molecule has 0 unspecified atom stereocenters. The summed E-state index contributed by atoms with van der Waals surface area (Å²) in [4.78, 5) is 12.2. The van der Waals surface area contributed by atoms with Crippen LogP contribution in [0.2, 0.25) is 0 Å². The first-order valence-electron chi connectivity index (χ1n) is 8.29. The van der Waals surface area contributed by atoms with Gasteiger partial charge in [0.1, 0.15) is 0 Å². The third kappa shape index (κ3) is 3.96. The number of ketones is 1. The average molecular weight is 348 g/mol. The van der Waals surface area contributed by atoms with Gasteiger partial charge in [-0.2, -0.15) is 5.10 Å². The van der Waals surface area contributed by atoms with E-state index in [0.717, 1.165) is 11.1 Å². The number of benzene rings is 2. The number of hydrogen-bond donors (Lipinski definition) is 3. The molecule has 132 valence electrons. The predicted molar refractivity (Wildman–Crippen MR) is 100 cm³/mol. The Morgan fingerprint density at radius 3 is 2.46 bits per heavy atom. The van der Waals surface area contributed by atoms with Gasteiger partial charge in [-0.25, -0.2) is 0 Å². The zero-order valence-corrected chi connectivity index (χ0v) is 14.4. The molecule has 0 saturated heterocycles. The lowest BCUT2D eigenvalue weighted by molar-refractivity contribution is 0.104. The van der Waals surface area contributed by atoms with E-state index in [9.17, 15) is 15.0 Å². The van der Waals surface area contributed by atoms with E-state index in [2.05, 4.69) is 10.2 Å². The number of H-pyrrole nitrogens is 1. The molecule has 3 N–H and O–H groups in total. The molecule has 26 heavy (non-hydrogen) atoms. The van der Waals surface area contributed by atoms with Gasteiger partial charge in [0.15, 0.2) is 5.78 Å². The molecule has 0 amide bonds. The normalized spacial score (nSPS) is 11.2. The second-order valence-corrected chi connectivity index (χ2v) is 6.07. The first-order chi connectivity index (χ1) is 12.6. The van der Waals surface area contributed by atoms with Crippen molar-refractivity contribution in [1.29, 1.82) is 0 Å². The van der Waals surface area contributed by atoms with Gasteiger partial charge < -0.3 is 10.2 Å². The van der Waals surface area contributed by atoms with Crippen LogP contribution in [0.25, 0.3) is 17.3 Å². The molecule has 3 aromatic rings. The van der Waals surface area contributed by atoms with Gasteiger partial charge in [-0.3, -0.25) is 9.89 Å². The number of aromatic nitrogens is 2. The summed E-state index contributed by atoms with van der Waals surface area (Å²) in [6.45, 7) is 1.71. The topological polar surface area (TPSA) is 86.2 Å². The molecule has 1 heterocycles. The molecule has 0 spiro atoms. The van der Waals surface area contributed by atoms with E-state index in [-0.39, 0.29) is 19.0 Å². The van der Waals surface area contributed by atoms with Gasteiger partial charge in [-0.05, 0) is 42.3 Å². The van der Waals surface area contributed by atoms with Crippen LogP contribution in [-0.2, 0) is 13.2 Å². The van der Waals surface area contributed by atoms with Crippen LogP contribution in [0.1, 0.15) is 32.7 Å². The van der Waals surface area contributed by atoms with Crippen molar-refractivity contribution in [2.75, 3.05) is 0 Å². The van der Waals surface area contributed by atoms with Crippen molar-refractivity contribution in [3.8, 4) is 11.3 Å². The molecule has 0 bridgehead atoms. The number of aromatic amines is 1. The molecule has 0 aliphatic rings. The van der Waals surface area contributed by atoms with E-state index in [0.29, 0.717) is 28.1 Å². The molecule has 3 rings (SSSR count). The number of rotatable bonds is 6. The summed E-state index contributed by atoms with van der Waals surface area (Å²) in [5.41, 5.74) is 5.34. The van der Waals surface area contributed by atoms with Crippen LogP contribution >= 0.6 is 0 Å². The van der Waals surface area contributed by atoms with E-state index >= 15 is 0 Å². The van der Waals surface area contributed by atoms with Gasteiger partial charge in [0.25, 0.3) is 0 Å². The molecule has 2 aromatic carbocycles. The maximum absolute atomic E-state index is 12.2. The number of hydrogen-bond acceptors (Lipinski definition) is 4. The van der Waals surface area contributed by atoms with E-state index in [1.807, 2.05) is 31.2 Å². The third-order valence-corrected chi connectivity index (χ3v) is 4.19. The van der Waals surface area contributed by atoms with E-state index in [1.54, 1.807) is 30.3 Å². The minimum Gasteiger partial charge on any atom is -0.392 e. The Morgan fingerprint density at radius 1 is 1.04 bits per heavy atom. The zero-order chi connectivity index (χ0) is 18.5. The molecular weight excluding hydrogens is 328 g/mol. The number of carbonyl (C=O) groups is 1. The lowest BCUT2D eigenvalue weighted by Gasteiger charge is -2.06. The van der Waals surface area contributed by atoms with Crippen molar-refractivity contribution in [2.24, 2.45) is 0 Å². The number of nitrogens with zero attached hydrogens (tertiary/aromatic N) is 1. The summed E-state index contributed by atoms with van der Waals surface area (Å²) >= 11 is 0. The molecule has 0 aliphatic carbocycles. The Bertz CT molecular complexity index is 940. The standard InChI is InChI=1S/C21H20N2O3/c1-14-2-4-15(5-3-14)21(26)9-8-19-11-20(23-22-19)16-6-7-17(12-24)18(10-16)13-25/h2-11,24-25H,12-13H2,1H3,(H,22,23)/b9-8+. The van der Waals surface area contributed by atoms with Gasteiger partial charge in [0, 0.05) is 11.1 Å². The Hall–Kier alpha value is -3.02. The summed E-state index contributed by atoms with van der Waals surface area (Å²) in [7, 11) is 0. The average Bonchev–Trinajstić information content (AvgIpc) is 3.15. The summed E-state index contributed by atoms with van der Waals surface area (Å²) in [5.74, 6) is -0.0731. The van der Waals surface area contributed by atoms with Crippen LogP contribution in [0, 0.1) is 6.92 Å². The van der Waals surface area contributed by atoms with E-state index < -0.39 is 0 Å². The molecule has 0 fully saturated rings. The fourth-order valence-electron chi connectivity index (χ4n) is 2.64. The SMILES string of the molecule is Cc1ccc(C(=O)/C=C/c2cc(-c3ccc(CO)c(CO)c3)n[nH]2)cc1. The fourth-order valence-corrected chi connectivity index (χ4v) is 2.64. The van der Waals surface area contributed by atoms with Crippen molar-refractivity contribution in [3.63, 3.8) is 0 Å². The highest BCUT2D eigenvalue weighted by molar-refractivity contribution is 6.06. The molecular formula is C21H20N2O3. The van der Waals surface area contributed by atoms with Crippen LogP contribution in [0.5, 0.6) is 0 Å². The minimum atomic E-state index is -0.147. The highest BCUT2D eigenvalue weighted by Gasteiger charge is 2.07. The lowest BCUT2D eigenvalue weighted by atomic mass is 10.0. The number of aryl methyl sites for hydroxylation is 1. The minimum absolute atomic E-state index is 0.0731. The largest absolute Gasteiger partial charge is 0.392 e. The first-order valence-corrected chi connectivity index (χ1v) is 8.29. The highest BCUT2D eigenvalue weighted by Crippen LogP contribution is 2.22. The highest BCUT2D eigenvalue weighted by atomic mass is 16.3. The molecule has 0 radical (unpaired) electrons. The van der Waals surface area contributed by atoms with Crippen LogP contribution < -0.4 is 0 Å². The Kier molecular flexibility index (Phi) is 5.41. The molecule has 5 heteroatoms. The summed E-state index contributed by atoms with van der Waals surface area (Å²) in [5, 5.41) is 25.8. The summed E-state index contributed by atoms with van der Waals surface area (Å²) in [6, 6.07) is 14.7. The zero-order valence-electron chi connectivity index (χ0n) is 14.4. The number of aliphatic hydroxyl groups is 2. The molecule has 5 nitrogen and oxygen atoms in total.